The third-order valence-corrected chi connectivity index (χ3v) is 6.38. The van der Waals surface area contributed by atoms with Crippen LogP contribution in [0.5, 0.6) is 0 Å². The Morgan fingerprint density at radius 3 is 3.10 bits per heavy atom. The molecule has 0 fully saturated rings. The molecular formula is C15H18BrN3O. The van der Waals surface area contributed by atoms with E-state index in [2.05, 4.69) is 34.9 Å². The first-order chi connectivity index (χ1) is 9.52. The minimum atomic E-state index is 0.0926. The molecule has 5 heteroatoms. The first-order valence-electron chi connectivity index (χ1n) is 7.17. The minimum Gasteiger partial charge on any atom is -0.361 e. The predicted octanol–water partition coefficient (Wildman–Crippen LogP) is 3.35. The van der Waals surface area contributed by atoms with Crippen molar-refractivity contribution in [3.8, 4) is 0 Å². The third-order valence-electron chi connectivity index (χ3n) is 5.38. The highest BCUT2D eigenvalue weighted by molar-refractivity contribution is 9.10. The van der Waals surface area contributed by atoms with Gasteiger partial charge in [-0.3, -0.25) is 4.68 Å². The summed E-state index contributed by atoms with van der Waals surface area (Å²) in [6.45, 7) is 4.64. The molecule has 0 aromatic carbocycles. The lowest BCUT2D eigenvalue weighted by atomic mass is 9.57. The normalized spacial score (nSPS) is 31.6. The fraction of sp³-hybridized carbons (Fsp3) is 0.600. The molecule has 20 heavy (non-hydrogen) atoms. The number of hydrogen-bond donors (Lipinski definition) is 0. The SMILES string of the molecule is C[C@@H]1c2oncc2C[C@]2(C)c3nn(C)c(Br)c3CC[C@@H]12. The van der Waals surface area contributed by atoms with Gasteiger partial charge in [0, 0.05) is 29.5 Å². The van der Waals surface area contributed by atoms with Crippen molar-refractivity contribution < 1.29 is 4.52 Å². The quantitative estimate of drug-likeness (QED) is 0.741. The molecule has 0 saturated heterocycles. The Labute approximate surface area is 126 Å². The Bertz CT molecular complexity index is 689. The van der Waals surface area contributed by atoms with Crippen LogP contribution in [0.25, 0.3) is 0 Å². The van der Waals surface area contributed by atoms with Gasteiger partial charge in [-0.1, -0.05) is 19.0 Å². The van der Waals surface area contributed by atoms with Crippen LogP contribution in [0.3, 0.4) is 0 Å². The van der Waals surface area contributed by atoms with Crippen LogP contribution in [-0.2, 0) is 25.3 Å². The fourth-order valence-corrected chi connectivity index (χ4v) is 4.86. The summed E-state index contributed by atoms with van der Waals surface area (Å²) >= 11 is 3.69. The second kappa shape index (κ2) is 3.97. The number of nitrogens with zero attached hydrogens (tertiary/aromatic N) is 3. The molecule has 0 radical (unpaired) electrons. The molecule has 0 N–H and O–H groups in total. The molecule has 0 amide bonds. The van der Waals surface area contributed by atoms with Gasteiger partial charge in [0.05, 0.1) is 11.9 Å². The van der Waals surface area contributed by atoms with Crippen molar-refractivity contribution in [2.24, 2.45) is 13.0 Å². The Hall–Kier alpha value is -1.10. The van der Waals surface area contributed by atoms with Crippen LogP contribution in [-0.4, -0.2) is 14.9 Å². The van der Waals surface area contributed by atoms with Crippen LogP contribution in [0.2, 0.25) is 0 Å². The molecular weight excluding hydrogens is 318 g/mol. The molecule has 106 valence electrons. The lowest BCUT2D eigenvalue weighted by Crippen LogP contribution is -2.44. The monoisotopic (exact) mass is 335 g/mol. The van der Waals surface area contributed by atoms with Crippen LogP contribution in [0, 0.1) is 5.92 Å². The maximum absolute atomic E-state index is 5.49. The van der Waals surface area contributed by atoms with Gasteiger partial charge in [0.15, 0.2) is 0 Å². The lowest BCUT2D eigenvalue weighted by molar-refractivity contribution is 0.172. The molecule has 2 aliphatic rings. The maximum Gasteiger partial charge on any atom is 0.143 e. The van der Waals surface area contributed by atoms with E-state index in [-0.39, 0.29) is 5.41 Å². The van der Waals surface area contributed by atoms with Gasteiger partial charge in [-0.05, 0) is 41.1 Å². The summed E-state index contributed by atoms with van der Waals surface area (Å²) in [5.41, 5.74) is 4.00. The Kier molecular flexibility index (Phi) is 2.50. The first kappa shape index (κ1) is 12.6. The molecule has 0 spiro atoms. The minimum absolute atomic E-state index is 0.0926. The van der Waals surface area contributed by atoms with Gasteiger partial charge < -0.3 is 4.52 Å². The highest BCUT2D eigenvalue weighted by atomic mass is 79.9. The van der Waals surface area contributed by atoms with Gasteiger partial charge in [0.1, 0.15) is 10.4 Å². The third kappa shape index (κ3) is 1.42. The fourth-order valence-electron chi connectivity index (χ4n) is 4.39. The van der Waals surface area contributed by atoms with E-state index in [0.29, 0.717) is 11.8 Å². The summed E-state index contributed by atoms with van der Waals surface area (Å²) in [6, 6.07) is 0. The summed E-state index contributed by atoms with van der Waals surface area (Å²) in [5.74, 6) is 2.09. The standard InChI is InChI=1S/C15H18BrN3O/c1-8-11-5-4-10-13(18-19(3)14(10)16)15(11,2)6-9-7-17-20-12(8)9/h7-8,11H,4-6H2,1-3H3/t8-,11-,15-/m0/s1. The molecule has 2 aromatic rings. The van der Waals surface area contributed by atoms with Crippen molar-refractivity contribution in [2.75, 3.05) is 0 Å². The summed E-state index contributed by atoms with van der Waals surface area (Å²) in [6.07, 6.45) is 5.16. The number of aromatic nitrogens is 3. The van der Waals surface area contributed by atoms with E-state index < -0.39 is 0 Å². The molecule has 0 unspecified atom stereocenters. The smallest absolute Gasteiger partial charge is 0.143 e. The second-order valence-corrected chi connectivity index (χ2v) is 7.24. The van der Waals surface area contributed by atoms with E-state index in [1.807, 2.05) is 17.9 Å². The van der Waals surface area contributed by atoms with Crippen molar-refractivity contribution in [2.45, 2.75) is 44.4 Å². The Balaban J connectivity index is 1.92. The maximum atomic E-state index is 5.49. The van der Waals surface area contributed by atoms with Crippen molar-refractivity contribution in [1.29, 1.82) is 0 Å². The van der Waals surface area contributed by atoms with E-state index in [9.17, 15) is 0 Å². The lowest BCUT2D eigenvalue weighted by Gasteiger charge is -2.46. The first-order valence-corrected chi connectivity index (χ1v) is 7.97. The largest absolute Gasteiger partial charge is 0.361 e. The number of halogens is 1. The Morgan fingerprint density at radius 1 is 1.50 bits per heavy atom. The summed E-state index contributed by atoms with van der Waals surface area (Å²) in [5, 5.41) is 8.83. The molecule has 0 aliphatic heterocycles. The van der Waals surface area contributed by atoms with E-state index in [0.717, 1.165) is 23.2 Å². The molecule has 0 saturated carbocycles. The average molecular weight is 336 g/mol. The van der Waals surface area contributed by atoms with Gasteiger partial charge in [-0.15, -0.1) is 0 Å². The molecule has 0 bridgehead atoms. The van der Waals surface area contributed by atoms with Crippen LogP contribution >= 0.6 is 15.9 Å². The molecule has 2 aliphatic carbocycles. The van der Waals surface area contributed by atoms with Crippen molar-refractivity contribution in [1.82, 2.24) is 14.9 Å². The number of aryl methyl sites for hydroxylation is 1. The van der Waals surface area contributed by atoms with E-state index in [1.54, 1.807) is 0 Å². The van der Waals surface area contributed by atoms with Crippen molar-refractivity contribution in [3.63, 3.8) is 0 Å². The van der Waals surface area contributed by atoms with Crippen LogP contribution < -0.4 is 0 Å². The van der Waals surface area contributed by atoms with Crippen LogP contribution in [0.1, 0.15) is 48.8 Å². The van der Waals surface area contributed by atoms with Gasteiger partial charge >= 0.3 is 0 Å². The van der Waals surface area contributed by atoms with Crippen LogP contribution in [0.15, 0.2) is 15.3 Å². The highest BCUT2D eigenvalue weighted by Crippen LogP contribution is 2.54. The number of rotatable bonds is 0. The summed E-state index contributed by atoms with van der Waals surface area (Å²) in [4.78, 5) is 0. The summed E-state index contributed by atoms with van der Waals surface area (Å²) < 4.78 is 8.59. The van der Waals surface area contributed by atoms with Gasteiger partial charge in [0.25, 0.3) is 0 Å². The van der Waals surface area contributed by atoms with Crippen molar-refractivity contribution in [3.05, 3.63) is 33.4 Å². The van der Waals surface area contributed by atoms with Crippen molar-refractivity contribution >= 4 is 15.9 Å². The predicted molar refractivity (Wildman–Crippen MR) is 78.7 cm³/mol. The van der Waals surface area contributed by atoms with Crippen LogP contribution in [0.4, 0.5) is 0 Å². The van der Waals surface area contributed by atoms with E-state index >= 15 is 0 Å². The molecule has 4 rings (SSSR count). The zero-order valence-electron chi connectivity index (χ0n) is 12.0. The zero-order chi connectivity index (χ0) is 14.1. The molecule has 3 atom stereocenters. The molecule has 2 heterocycles. The van der Waals surface area contributed by atoms with Gasteiger partial charge in [-0.25, -0.2) is 0 Å². The Morgan fingerprint density at radius 2 is 2.30 bits per heavy atom. The number of hydrogen-bond acceptors (Lipinski definition) is 3. The van der Waals surface area contributed by atoms with E-state index in [4.69, 9.17) is 9.62 Å². The molecule has 4 nitrogen and oxygen atoms in total. The molecule has 2 aromatic heterocycles. The summed E-state index contributed by atoms with van der Waals surface area (Å²) in [7, 11) is 2.01. The van der Waals surface area contributed by atoms with E-state index in [1.165, 1.54) is 23.2 Å². The zero-order valence-corrected chi connectivity index (χ0v) is 13.6. The number of fused-ring (bicyclic) bond motifs is 4. The average Bonchev–Trinajstić information content (AvgIpc) is 2.97. The topological polar surface area (TPSA) is 43.9 Å². The van der Waals surface area contributed by atoms with Gasteiger partial charge in [-0.2, -0.15) is 5.10 Å². The second-order valence-electron chi connectivity index (χ2n) is 6.48. The van der Waals surface area contributed by atoms with Gasteiger partial charge in [0.2, 0.25) is 0 Å². The highest BCUT2D eigenvalue weighted by Gasteiger charge is 2.50.